The van der Waals surface area contributed by atoms with E-state index in [1.165, 1.54) is 37.7 Å². The molecule has 0 radical (unpaired) electrons. The first kappa shape index (κ1) is 12.7. The molecule has 18 heavy (non-hydrogen) atoms. The van der Waals surface area contributed by atoms with Crippen LogP contribution in [0, 0.1) is 0 Å². The van der Waals surface area contributed by atoms with Crippen LogP contribution < -0.4 is 5.73 Å². The molecule has 0 saturated carbocycles. The summed E-state index contributed by atoms with van der Waals surface area (Å²) in [6, 6.07) is 10.5. The minimum atomic E-state index is 0.536. The average molecular weight is 243 g/mol. The van der Waals surface area contributed by atoms with Crippen LogP contribution in [0.2, 0.25) is 0 Å². The van der Waals surface area contributed by atoms with Crippen molar-refractivity contribution in [1.29, 1.82) is 0 Å². The highest BCUT2D eigenvalue weighted by atomic mass is 15.2. The van der Waals surface area contributed by atoms with Crippen molar-refractivity contribution in [2.75, 3.05) is 5.73 Å². The number of benzene rings is 1. The zero-order valence-corrected chi connectivity index (χ0v) is 10.9. The van der Waals surface area contributed by atoms with Crippen LogP contribution in [0.5, 0.6) is 0 Å². The van der Waals surface area contributed by atoms with Crippen molar-refractivity contribution in [2.45, 2.75) is 39.0 Å². The van der Waals surface area contributed by atoms with Gasteiger partial charge < -0.3 is 5.73 Å². The fourth-order valence-electron chi connectivity index (χ4n) is 2.09. The minimum absolute atomic E-state index is 0.536. The van der Waals surface area contributed by atoms with Crippen LogP contribution in [0.25, 0.3) is 11.3 Å². The van der Waals surface area contributed by atoms with Crippen LogP contribution >= 0.6 is 0 Å². The number of H-pyrrole nitrogens is 1. The Kier molecular flexibility index (Phi) is 4.40. The second kappa shape index (κ2) is 6.24. The molecule has 0 atom stereocenters. The number of hydrogen-bond donors (Lipinski definition) is 2. The van der Waals surface area contributed by atoms with E-state index >= 15 is 0 Å². The van der Waals surface area contributed by atoms with Gasteiger partial charge in [0.05, 0.1) is 5.69 Å². The van der Waals surface area contributed by atoms with Gasteiger partial charge in [-0.2, -0.15) is 5.10 Å². The van der Waals surface area contributed by atoms with Crippen molar-refractivity contribution in [3.8, 4) is 11.3 Å². The lowest BCUT2D eigenvalue weighted by molar-refractivity contribution is 0.667. The van der Waals surface area contributed by atoms with Crippen molar-refractivity contribution >= 4 is 5.82 Å². The molecule has 0 aliphatic heterocycles. The maximum absolute atomic E-state index is 5.60. The number of nitrogens with zero attached hydrogens (tertiary/aromatic N) is 1. The van der Waals surface area contributed by atoms with Crippen molar-refractivity contribution < 1.29 is 0 Å². The number of nitrogens with two attached hydrogens (primary N) is 1. The van der Waals surface area contributed by atoms with Gasteiger partial charge in [0.25, 0.3) is 0 Å². The normalized spacial score (nSPS) is 10.7. The van der Waals surface area contributed by atoms with Crippen molar-refractivity contribution in [3.63, 3.8) is 0 Å². The molecule has 3 N–H and O–H groups in total. The zero-order valence-electron chi connectivity index (χ0n) is 10.9. The SMILES string of the molecule is CCCCCCc1ccc(-c2cc(N)n[nH]2)cc1. The third-order valence-corrected chi connectivity index (χ3v) is 3.18. The van der Waals surface area contributed by atoms with E-state index in [9.17, 15) is 0 Å². The van der Waals surface area contributed by atoms with Crippen LogP contribution in [-0.4, -0.2) is 10.2 Å². The number of rotatable bonds is 6. The van der Waals surface area contributed by atoms with E-state index in [1.54, 1.807) is 0 Å². The lowest BCUT2D eigenvalue weighted by Gasteiger charge is -2.03. The standard InChI is InChI=1S/C15H21N3/c1-2-3-4-5-6-12-7-9-13(10-8-12)14-11-15(16)18-17-14/h7-11H,2-6H2,1H3,(H3,16,17,18). The Labute approximate surface area is 108 Å². The second-order valence-corrected chi connectivity index (χ2v) is 4.71. The maximum Gasteiger partial charge on any atom is 0.145 e. The Hall–Kier alpha value is -1.77. The molecule has 3 nitrogen and oxygen atoms in total. The molecule has 0 amide bonds. The summed E-state index contributed by atoms with van der Waals surface area (Å²) < 4.78 is 0. The number of aromatic nitrogens is 2. The topological polar surface area (TPSA) is 54.7 Å². The third kappa shape index (κ3) is 3.36. The lowest BCUT2D eigenvalue weighted by atomic mass is 10.0. The van der Waals surface area contributed by atoms with Gasteiger partial charge in [-0.25, -0.2) is 0 Å². The van der Waals surface area contributed by atoms with E-state index in [2.05, 4.69) is 41.4 Å². The van der Waals surface area contributed by atoms with E-state index < -0.39 is 0 Å². The summed E-state index contributed by atoms with van der Waals surface area (Å²) in [4.78, 5) is 0. The first-order valence-corrected chi connectivity index (χ1v) is 6.70. The summed E-state index contributed by atoms with van der Waals surface area (Å²) in [7, 11) is 0. The molecule has 0 aliphatic carbocycles. The number of anilines is 1. The Morgan fingerprint density at radius 1 is 1.11 bits per heavy atom. The number of nitrogen functional groups attached to an aromatic ring is 1. The van der Waals surface area contributed by atoms with Crippen molar-refractivity contribution in [1.82, 2.24) is 10.2 Å². The summed E-state index contributed by atoms with van der Waals surface area (Å²) in [5, 5.41) is 6.86. The van der Waals surface area contributed by atoms with Gasteiger partial charge in [-0.15, -0.1) is 0 Å². The highest BCUT2D eigenvalue weighted by Crippen LogP contribution is 2.19. The van der Waals surface area contributed by atoms with Crippen LogP contribution in [0.3, 0.4) is 0 Å². The maximum atomic E-state index is 5.60. The highest BCUT2D eigenvalue weighted by molar-refractivity contribution is 5.62. The molecular formula is C15H21N3. The minimum Gasteiger partial charge on any atom is -0.382 e. The quantitative estimate of drug-likeness (QED) is 0.758. The molecule has 1 aromatic heterocycles. The Morgan fingerprint density at radius 3 is 2.50 bits per heavy atom. The first-order chi connectivity index (χ1) is 8.79. The summed E-state index contributed by atoms with van der Waals surface area (Å²) in [5.41, 5.74) is 9.12. The number of nitrogens with one attached hydrogen (secondary N) is 1. The van der Waals surface area contributed by atoms with E-state index in [0.29, 0.717) is 5.82 Å². The van der Waals surface area contributed by atoms with E-state index in [4.69, 9.17) is 5.73 Å². The largest absolute Gasteiger partial charge is 0.382 e. The molecule has 1 heterocycles. The molecule has 0 spiro atoms. The van der Waals surface area contributed by atoms with Crippen LogP contribution in [0.1, 0.15) is 38.2 Å². The fraction of sp³-hybridized carbons (Fsp3) is 0.400. The molecule has 0 unspecified atom stereocenters. The number of unbranched alkanes of at least 4 members (excludes halogenated alkanes) is 3. The first-order valence-electron chi connectivity index (χ1n) is 6.70. The average Bonchev–Trinajstić information content (AvgIpc) is 2.82. The predicted octanol–water partition coefficient (Wildman–Crippen LogP) is 3.78. The Bertz CT molecular complexity index is 471. The van der Waals surface area contributed by atoms with Gasteiger partial charge >= 0.3 is 0 Å². The van der Waals surface area contributed by atoms with Crippen LogP contribution in [0.4, 0.5) is 5.82 Å². The monoisotopic (exact) mass is 243 g/mol. The molecule has 0 fully saturated rings. The molecule has 96 valence electrons. The number of aryl methyl sites for hydroxylation is 1. The highest BCUT2D eigenvalue weighted by Gasteiger charge is 2.01. The van der Waals surface area contributed by atoms with Gasteiger partial charge in [-0.05, 0) is 24.0 Å². The summed E-state index contributed by atoms with van der Waals surface area (Å²) in [6.45, 7) is 2.24. The van der Waals surface area contributed by atoms with Crippen LogP contribution in [0.15, 0.2) is 30.3 Å². The molecule has 0 aliphatic rings. The lowest BCUT2D eigenvalue weighted by Crippen LogP contribution is -1.86. The van der Waals surface area contributed by atoms with E-state index in [-0.39, 0.29) is 0 Å². The molecule has 2 aromatic rings. The number of aromatic amines is 1. The fourth-order valence-corrected chi connectivity index (χ4v) is 2.09. The summed E-state index contributed by atoms with van der Waals surface area (Å²) >= 11 is 0. The van der Waals surface area contributed by atoms with Gasteiger partial charge in [0.15, 0.2) is 0 Å². The molecular weight excluding hydrogens is 222 g/mol. The van der Waals surface area contributed by atoms with Crippen molar-refractivity contribution in [2.24, 2.45) is 0 Å². The Morgan fingerprint density at radius 2 is 1.89 bits per heavy atom. The van der Waals surface area contributed by atoms with Gasteiger partial charge in [0.1, 0.15) is 5.82 Å². The Balaban J connectivity index is 1.93. The molecule has 0 bridgehead atoms. The predicted molar refractivity (Wildman–Crippen MR) is 76.3 cm³/mol. The van der Waals surface area contributed by atoms with E-state index in [0.717, 1.165) is 11.3 Å². The number of hydrogen-bond acceptors (Lipinski definition) is 2. The molecule has 2 rings (SSSR count). The van der Waals surface area contributed by atoms with Gasteiger partial charge in [-0.3, -0.25) is 5.10 Å². The van der Waals surface area contributed by atoms with Crippen LogP contribution in [-0.2, 0) is 6.42 Å². The molecule has 3 heteroatoms. The van der Waals surface area contributed by atoms with Gasteiger partial charge in [0, 0.05) is 6.07 Å². The van der Waals surface area contributed by atoms with E-state index in [1.807, 2.05) is 6.07 Å². The second-order valence-electron chi connectivity index (χ2n) is 4.71. The smallest absolute Gasteiger partial charge is 0.145 e. The molecule has 1 aromatic carbocycles. The third-order valence-electron chi connectivity index (χ3n) is 3.18. The zero-order chi connectivity index (χ0) is 12.8. The van der Waals surface area contributed by atoms with Crippen molar-refractivity contribution in [3.05, 3.63) is 35.9 Å². The molecule has 0 saturated heterocycles. The van der Waals surface area contributed by atoms with Gasteiger partial charge in [-0.1, -0.05) is 50.5 Å². The van der Waals surface area contributed by atoms with Gasteiger partial charge in [0.2, 0.25) is 0 Å². The summed E-state index contributed by atoms with van der Waals surface area (Å²) in [5.74, 6) is 0.536. The summed E-state index contributed by atoms with van der Waals surface area (Å²) in [6.07, 6.45) is 6.41.